The molecule has 7 heteroatoms. The van der Waals surface area contributed by atoms with Crippen molar-refractivity contribution in [3.63, 3.8) is 0 Å². The van der Waals surface area contributed by atoms with Gasteiger partial charge in [-0.05, 0) is 35.9 Å². The van der Waals surface area contributed by atoms with Crippen molar-refractivity contribution in [2.24, 2.45) is 0 Å². The van der Waals surface area contributed by atoms with Crippen LogP contribution in [0.4, 0.5) is 5.82 Å². The second-order valence-electron chi connectivity index (χ2n) is 7.53. The molecule has 0 saturated heterocycles. The van der Waals surface area contributed by atoms with E-state index in [1.807, 2.05) is 67.6 Å². The molecule has 1 aromatic heterocycles. The van der Waals surface area contributed by atoms with Crippen LogP contribution in [0.1, 0.15) is 27.2 Å². The van der Waals surface area contributed by atoms with Crippen molar-refractivity contribution in [3.8, 4) is 5.69 Å². The Hall–Kier alpha value is -3.45. The smallest absolute Gasteiger partial charge is 0.257 e. The van der Waals surface area contributed by atoms with Crippen molar-refractivity contribution in [2.75, 3.05) is 5.32 Å². The number of fused-ring (bicyclic) bond motifs is 2. The number of sulfone groups is 1. The van der Waals surface area contributed by atoms with Crippen molar-refractivity contribution in [1.29, 1.82) is 0 Å². The molecule has 0 fully saturated rings. The molecule has 0 aliphatic carbocycles. The van der Waals surface area contributed by atoms with Crippen LogP contribution in [0.2, 0.25) is 0 Å². The van der Waals surface area contributed by atoms with E-state index in [0.29, 0.717) is 22.6 Å². The first-order valence-corrected chi connectivity index (χ1v) is 11.4. The zero-order valence-electron chi connectivity index (χ0n) is 16.3. The fourth-order valence-corrected chi connectivity index (χ4v) is 5.34. The van der Waals surface area contributed by atoms with Crippen molar-refractivity contribution < 1.29 is 13.2 Å². The third-order valence-corrected chi connectivity index (χ3v) is 6.77. The fourth-order valence-electron chi connectivity index (χ4n) is 3.84. The van der Waals surface area contributed by atoms with Crippen molar-refractivity contribution >= 4 is 32.3 Å². The molecule has 30 heavy (non-hydrogen) atoms. The highest BCUT2D eigenvalue weighted by Gasteiger charge is 2.33. The van der Waals surface area contributed by atoms with Crippen molar-refractivity contribution in [1.82, 2.24) is 9.78 Å². The molecule has 1 aliphatic heterocycles. The molecule has 0 bridgehead atoms. The van der Waals surface area contributed by atoms with Crippen LogP contribution >= 0.6 is 0 Å². The molecule has 1 aliphatic rings. The molecule has 0 unspecified atom stereocenters. The lowest BCUT2D eigenvalue weighted by molar-refractivity contribution is 0.102. The number of amides is 1. The van der Waals surface area contributed by atoms with Gasteiger partial charge in [0.2, 0.25) is 0 Å². The Morgan fingerprint density at radius 3 is 2.50 bits per heavy atom. The minimum absolute atomic E-state index is 0.113. The Labute approximate surface area is 174 Å². The lowest BCUT2D eigenvalue weighted by Crippen LogP contribution is -2.17. The van der Waals surface area contributed by atoms with Crippen LogP contribution in [0.5, 0.6) is 0 Å². The summed E-state index contributed by atoms with van der Waals surface area (Å²) in [6, 6.07) is 20.9. The standard InChI is InChI=1S/C23H19N3O3S/c1-15-9-11-17(12-10-15)26-22(20-13-30(28,29)14-21(20)25-26)24-23(27)19-8-4-6-16-5-2-3-7-18(16)19/h2-12H,13-14H2,1H3,(H,24,27). The average Bonchev–Trinajstić information content (AvgIpc) is 3.20. The summed E-state index contributed by atoms with van der Waals surface area (Å²) in [5.74, 6) is -0.127. The molecule has 5 rings (SSSR count). The van der Waals surface area contributed by atoms with Gasteiger partial charge in [-0.3, -0.25) is 4.79 Å². The summed E-state index contributed by atoms with van der Waals surface area (Å²) in [6.07, 6.45) is 0. The minimum atomic E-state index is -3.25. The Morgan fingerprint density at radius 1 is 0.967 bits per heavy atom. The van der Waals surface area contributed by atoms with E-state index in [-0.39, 0.29) is 17.4 Å². The molecule has 150 valence electrons. The Kier molecular flexibility index (Phi) is 4.22. The van der Waals surface area contributed by atoms with Gasteiger partial charge in [0.15, 0.2) is 9.84 Å². The maximum Gasteiger partial charge on any atom is 0.257 e. The van der Waals surface area contributed by atoms with Gasteiger partial charge in [-0.1, -0.05) is 54.1 Å². The lowest BCUT2D eigenvalue weighted by Gasteiger charge is -2.12. The third-order valence-electron chi connectivity index (χ3n) is 5.33. The average molecular weight is 417 g/mol. The molecule has 6 nitrogen and oxygen atoms in total. The van der Waals surface area contributed by atoms with E-state index in [4.69, 9.17) is 0 Å². The maximum absolute atomic E-state index is 13.2. The Balaban J connectivity index is 1.61. The maximum atomic E-state index is 13.2. The van der Waals surface area contributed by atoms with E-state index in [2.05, 4.69) is 10.4 Å². The van der Waals surface area contributed by atoms with Gasteiger partial charge in [0.05, 0.1) is 22.9 Å². The zero-order chi connectivity index (χ0) is 20.9. The SMILES string of the molecule is Cc1ccc(-n2nc3c(c2NC(=O)c2cccc4ccccc24)CS(=O)(=O)C3)cc1. The normalized spacial score (nSPS) is 14.6. The molecule has 0 atom stereocenters. The van der Waals surface area contributed by atoms with Gasteiger partial charge in [0.1, 0.15) is 5.82 Å². The lowest BCUT2D eigenvalue weighted by atomic mass is 10.0. The van der Waals surface area contributed by atoms with E-state index in [0.717, 1.165) is 22.0 Å². The van der Waals surface area contributed by atoms with Crippen molar-refractivity contribution in [3.05, 3.63) is 89.1 Å². The molecule has 2 heterocycles. The molecule has 4 aromatic rings. The number of aryl methyl sites for hydroxylation is 1. The van der Waals surface area contributed by atoms with Crippen LogP contribution in [0, 0.1) is 6.92 Å². The molecule has 3 aromatic carbocycles. The number of benzene rings is 3. The zero-order valence-corrected chi connectivity index (χ0v) is 17.1. The van der Waals surface area contributed by atoms with Gasteiger partial charge in [-0.15, -0.1) is 0 Å². The number of carbonyl (C=O) groups excluding carboxylic acids is 1. The molecular weight excluding hydrogens is 398 g/mol. The van der Waals surface area contributed by atoms with Crippen molar-refractivity contribution in [2.45, 2.75) is 18.4 Å². The van der Waals surface area contributed by atoms with Gasteiger partial charge in [0.25, 0.3) is 5.91 Å². The summed E-state index contributed by atoms with van der Waals surface area (Å²) in [4.78, 5) is 13.2. The second-order valence-corrected chi connectivity index (χ2v) is 9.60. The molecule has 0 spiro atoms. The largest absolute Gasteiger partial charge is 0.306 e. The van der Waals surface area contributed by atoms with Crippen LogP contribution < -0.4 is 5.32 Å². The first-order chi connectivity index (χ1) is 14.4. The summed E-state index contributed by atoms with van der Waals surface area (Å²) in [5, 5.41) is 9.26. The summed E-state index contributed by atoms with van der Waals surface area (Å²) >= 11 is 0. The number of aromatic nitrogens is 2. The molecule has 1 N–H and O–H groups in total. The van der Waals surface area contributed by atoms with E-state index >= 15 is 0 Å². The monoisotopic (exact) mass is 417 g/mol. The highest BCUT2D eigenvalue weighted by Crippen LogP contribution is 2.33. The summed E-state index contributed by atoms with van der Waals surface area (Å²) in [5.41, 5.74) is 3.44. The third kappa shape index (κ3) is 3.17. The Morgan fingerprint density at radius 2 is 1.70 bits per heavy atom. The van der Waals surface area contributed by atoms with E-state index in [9.17, 15) is 13.2 Å². The number of hydrogen-bond donors (Lipinski definition) is 1. The first kappa shape index (κ1) is 18.6. The van der Waals surface area contributed by atoms with Gasteiger partial charge < -0.3 is 5.32 Å². The predicted molar refractivity (Wildman–Crippen MR) is 117 cm³/mol. The van der Waals surface area contributed by atoms with Crippen LogP contribution in [0.3, 0.4) is 0 Å². The Bertz CT molecular complexity index is 1400. The quantitative estimate of drug-likeness (QED) is 0.546. The van der Waals surface area contributed by atoms with Crippen LogP contribution in [0.25, 0.3) is 16.5 Å². The summed E-state index contributed by atoms with van der Waals surface area (Å²) in [6.45, 7) is 1.99. The number of nitrogens with zero attached hydrogens (tertiary/aromatic N) is 2. The molecule has 0 radical (unpaired) electrons. The van der Waals surface area contributed by atoms with Gasteiger partial charge in [-0.25, -0.2) is 13.1 Å². The number of nitrogens with one attached hydrogen (secondary N) is 1. The van der Waals surface area contributed by atoms with E-state index in [1.54, 1.807) is 10.7 Å². The highest BCUT2D eigenvalue weighted by atomic mass is 32.2. The summed E-state index contributed by atoms with van der Waals surface area (Å²) in [7, 11) is -3.25. The number of hydrogen-bond acceptors (Lipinski definition) is 4. The molecule has 1 amide bonds. The topological polar surface area (TPSA) is 81.1 Å². The van der Waals surface area contributed by atoms with Crippen LogP contribution in [0.15, 0.2) is 66.7 Å². The second kappa shape index (κ2) is 6.81. The first-order valence-electron chi connectivity index (χ1n) is 9.59. The van der Waals surface area contributed by atoms with Crippen LogP contribution in [-0.4, -0.2) is 24.1 Å². The molecule has 0 saturated carbocycles. The number of anilines is 1. The van der Waals surface area contributed by atoms with Gasteiger partial charge >= 0.3 is 0 Å². The highest BCUT2D eigenvalue weighted by molar-refractivity contribution is 7.90. The number of carbonyl (C=O) groups is 1. The fraction of sp³-hybridized carbons (Fsp3) is 0.130. The van der Waals surface area contributed by atoms with Gasteiger partial charge in [-0.2, -0.15) is 5.10 Å². The van der Waals surface area contributed by atoms with Crippen LogP contribution in [-0.2, 0) is 21.3 Å². The predicted octanol–water partition coefficient (Wildman–Crippen LogP) is 4.01. The summed E-state index contributed by atoms with van der Waals surface area (Å²) < 4.78 is 26.0. The van der Waals surface area contributed by atoms with E-state index in [1.165, 1.54) is 0 Å². The minimum Gasteiger partial charge on any atom is -0.306 e. The van der Waals surface area contributed by atoms with Gasteiger partial charge in [0, 0.05) is 11.1 Å². The van der Waals surface area contributed by atoms with E-state index < -0.39 is 9.84 Å². The number of rotatable bonds is 3. The molecular formula is C23H19N3O3S.